The van der Waals surface area contributed by atoms with Gasteiger partial charge in [0.2, 0.25) is 0 Å². The highest BCUT2D eigenvalue weighted by molar-refractivity contribution is 5.89. The zero-order chi connectivity index (χ0) is 17.0. The highest BCUT2D eigenvalue weighted by Crippen LogP contribution is 2.25. The van der Waals surface area contributed by atoms with Crippen molar-refractivity contribution >= 4 is 11.9 Å². The number of carbonyl (C=O) groups excluding carboxylic acids is 1. The molecule has 1 amide bonds. The van der Waals surface area contributed by atoms with Crippen molar-refractivity contribution in [1.82, 2.24) is 5.32 Å². The van der Waals surface area contributed by atoms with Crippen molar-refractivity contribution < 1.29 is 23.8 Å². The van der Waals surface area contributed by atoms with Crippen LogP contribution in [0.5, 0.6) is 0 Å². The maximum atomic E-state index is 12.5. The van der Waals surface area contributed by atoms with Gasteiger partial charge in [0.25, 0.3) is 5.91 Å². The fourth-order valence-electron chi connectivity index (χ4n) is 2.28. The van der Waals surface area contributed by atoms with Gasteiger partial charge in [0.05, 0.1) is 6.54 Å². The van der Waals surface area contributed by atoms with Gasteiger partial charge in [-0.05, 0) is 25.5 Å². The Labute approximate surface area is 134 Å². The molecule has 2 aromatic rings. The maximum Gasteiger partial charge on any atom is 0.339 e. The van der Waals surface area contributed by atoms with Crippen LogP contribution in [0.2, 0.25) is 0 Å². The number of aromatic carboxylic acids is 1. The van der Waals surface area contributed by atoms with Crippen molar-refractivity contribution in [3.8, 4) is 0 Å². The highest BCUT2D eigenvalue weighted by atomic mass is 16.5. The molecule has 0 saturated heterocycles. The molecule has 1 unspecified atom stereocenters. The number of carbonyl (C=O) groups is 2. The third kappa shape index (κ3) is 3.43. The van der Waals surface area contributed by atoms with E-state index in [9.17, 15) is 9.59 Å². The second-order valence-electron chi connectivity index (χ2n) is 5.27. The normalized spacial score (nSPS) is 13.3. The van der Waals surface area contributed by atoms with Crippen LogP contribution in [0.3, 0.4) is 0 Å². The van der Waals surface area contributed by atoms with Crippen molar-refractivity contribution in [1.29, 1.82) is 0 Å². The number of methoxy groups -OCH3 is 1. The summed E-state index contributed by atoms with van der Waals surface area (Å²) in [6.07, 6.45) is 0. The minimum atomic E-state index is -1.14. The van der Waals surface area contributed by atoms with E-state index < -0.39 is 11.6 Å². The molecule has 0 bridgehead atoms. The summed E-state index contributed by atoms with van der Waals surface area (Å²) in [5.41, 5.74) is -0.327. The lowest BCUT2D eigenvalue weighted by Gasteiger charge is -2.27. The first-order valence-electron chi connectivity index (χ1n) is 7.10. The van der Waals surface area contributed by atoms with Crippen LogP contribution in [0.1, 0.15) is 34.4 Å². The van der Waals surface area contributed by atoms with Crippen molar-refractivity contribution in [2.24, 2.45) is 0 Å². The SMILES string of the molecule is COC(C)(C(=O)NCc1cc(C(=O)O)c(C)o1)c1ccccc1. The first kappa shape index (κ1) is 16.8. The molecule has 1 aromatic carbocycles. The second kappa shape index (κ2) is 6.66. The average Bonchev–Trinajstić information content (AvgIpc) is 2.93. The standard InChI is InChI=1S/C17H19NO5/c1-11-14(15(19)20)9-13(23-11)10-18-16(21)17(2,22-3)12-7-5-4-6-8-12/h4-9H,10H2,1-3H3,(H,18,21)(H,19,20). The number of carboxylic acids is 1. The maximum absolute atomic E-state index is 12.5. The summed E-state index contributed by atoms with van der Waals surface area (Å²) in [5, 5.41) is 11.7. The molecule has 6 heteroatoms. The fourth-order valence-corrected chi connectivity index (χ4v) is 2.28. The molecular formula is C17H19NO5. The Morgan fingerprint density at radius 2 is 1.96 bits per heavy atom. The Balaban J connectivity index is 2.12. The summed E-state index contributed by atoms with van der Waals surface area (Å²) in [6, 6.07) is 10.5. The number of furan rings is 1. The van der Waals surface area contributed by atoms with Gasteiger partial charge in [0.1, 0.15) is 17.1 Å². The highest BCUT2D eigenvalue weighted by Gasteiger charge is 2.35. The zero-order valence-corrected chi connectivity index (χ0v) is 13.3. The fraction of sp³-hybridized carbons (Fsp3) is 0.294. The number of nitrogens with one attached hydrogen (secondary N) is 1. The molecule has 0 aliphatic carbocycles. The average molecular weight is 317 g/mol. The number of amides is 1. The molecule has 6 nitrogen and oxygen atoms in total. The molecule has 23 heavy (non-hydrogen) atoms. The largest absolute Gasteiger partial charge is 0.478 e. The van der Waals surface area contributed by atoms with E-state index in [0.717, 1.165) is 5.56 Å². The molecule has 1 atom stereocenters. The molecule has 0 fully saturated rings. The summed E-state index contributed by atoms with van der Waals surface area (Å²) in [7, 11) is 1.46. The molecule has 1 aromatic heterocycles. The lowest BCUT2D eigenvalue weighted by molar-refractivity contribution is -0.142. The number of ether oxygens (including phenoxy) is 1. The summed E-state index contributed by atoms with van der Waals surface area (Å²) in [5.74, 6) is -0.717. The second-order valence-corrected chi connectivity index (χ2v) is 5.27. The third-order valence-corrected chi connectivity index (χ3v) is 3.79. The van der Waals surface area contributed by atoms with E-state index in [-0.39, 0.29) is 18.0 Å². The minimum absolute atomic E-state index is 0.0821. The predicted molar refractivity (Wildman–Crippen MR) is 83.1 cm³/mol. The smallest absolute Gasteiger partial charge is 0.339 e. The topological polar surface area (TPSA) is 88.8 Å². The number of aryl methyl sites for hydroxylation is 1. The number of hydrogen-bond donors (Lipinski definition) is 2. The molecular weight excluding hydrogens is 298 g/mol. The quantitative estimate of drug-likeness (QED) is 0.854. The monoisotopic (exact) mass is 317 g/mol. The number of hydrogen-bond acceptors (Lipinski definition) is 4. The lowest BCUT2D eigenvalue weighted by atomic mass is 9.95. The number of benzene rings is 1. The molecule has 0 aliphatic heterocycles. The van der Waals surface area contributed by atoms with Gasteiger partial charge in [-0.3, -0.25) is 4.79 Å². The predicted octanol–water partition coefficient (Wildman–Crippen LogP) is 2.46. The van der Waals surface area contributed by atoms with Gasteiger partial charge in [-0.2, -0.15) is 0 Å². The van der Waals surface area contributed by atoms with Crippen LogP contribution < -0.4 is 5.32 Å². The van der Waals surface area contributed by atoms with Gasteiger partial charge in [-0.1, -0.05) is 30.3 Å². The molecule has 1 heterocycles. The summed E-state index contributed by atoms with van der Waals surface area (Å²) in [6.45, 7) is 3.32. The first-order valence-corrected chi connectivity index (χ1v) is 7.10. The molecule has 122 valence electrons. The lowest BCUT2D eigenvalue weighted by Crippen LogP contribution is -2.43. The molecule has 2 N–H and O–H groups in total. The van der Waals surface area contributed by atoms with Crippen LogP contribution >= 0.6 is 0 Å². The molecule has 0 spiro atoms. The van der Waals surface area contributed by atoms with Crippen LogP contribution in [0.15, 0.2) is 40.8 Å². The van der Waals surface area contributed by atoms with Crippen molar-refractivity contribution in [2.45, 2.75) is 26.0 Å². The van der Waals surface area contributed by atoms with Crippen LogP contribution in [0.25, 0.3) is 0 Å². The van der Waals surface area contributed by atoms with Gasteiger partial charge in [0.15, 0.2) is 5.60 Å². The Bertz CT molecular complexity index is 707. The van der Waals surface area contributed by atoms with Crippen molar-refractivity contribution in [3.63, 3.8) is 0 Å². The summed E-state index contributed by atoms with van der Waals surface area (Å²) < 4.78 is 10.7. The van der Waals surface area contributed by atoms with Crippen LogP contribution in [0.4, 0.5) is 0 Å². The van der Waals surface area contributed by atoms with Crippen LogP contribution in [-0.4, -0.2) is 24.1 Å². The Morgan fingerprint density at radius 1 is 1.30 bits per heavy atom. The van der Waals surface area contributed by atoms with Gasteiger partial charge >= 0.3 is 5.97 Å². The summed E-state index contributed by atoms with van der Waals surface area (Å²) >= 11 is 0. The zero-order valence-electron chi connectivity index (χ0n) is 13.3. The van der Waals surface area contributed by atoms with Crippen molar-refractivity contribution in [2.75, 3.05) is 7.11 Å². The van der Waals surface area contributed by atoms with Gasteiger partial charge in [-0.25, -0.2) is 4.79 Å². The molecule has 0 radical (unpaired) electrons. The Morgan fingerprint density at radius 3 is 2.48 bits per heavy atom. The van der Waals surface area contributed by atoms with Crippen molar-refractivity contribution in [3.05, 3.63) is 59.0 Å². The number of rotatable bonds is 6. The molecule has 2 rings (SSSR count). The van der Waals surface area contributed by atoms with E-state index in [1.165, 1.54) is 13.2 Å². The van der Waals surface area contributed by atoms with E-state index >= 15 is 0 Å². The van der Waals surface area contributed by atoms with E-state index in [4.69, 9.17) is 14.3 Å². The van der Waals surface area contributed by atoms with Crippen LogP contribution in [0, 0.1) is 6.92 Å². The third-order valence-electron chi connectivity index (χ3n) is 3.79. The molecule has 0 saturated carbocycles. The van der Waals surface area contributed by atoms with E-state index in [1.54, 1.807) is 13.8 Å². The number of carboxylic acid groups (broad SMARTS) is 1. The summed E-state index contributed by atoms with van der Waals surface area (Å²) in [4.78, 5) is 23.5. The Hall–Kier alpha value is -2.60. The van der Waals surface area contributed by atoms with Gasteiger partial charge < -0.3 is 19.6 Å². The minimum Gasteiger partial charge on any atom is -0.478 e. The van der Waals surface area contributed by atoms with Crippen LogP contribution in [-0.2, 0) is 21.7 Å². The Kier molecular flexibility index (Phi) is 4.86. The van der Waals surface area contributed by atoms with E-state index in [1.807, 2.05) is 30.3 Å². The first-order chi connectivity index (χ1) is 10.9. The van der Waals surface area contributed by atoms with Gasteiger partial charge in [0, 0.05) is 7.11 Å². The van der Waals surface area contributed by atoms with E-state index in [0.29, 0.717) is 11.5 Å². The van der Waals surface area contributed by atoms with E-state index in [2.05, 4.69) is 5.32 Å². The van der Waals surface area contributed by atoms with Gasteiger partial charge in [-0.15, -0.1) is 0 Å². The molecule has 0 aliphatic rings.